The molecule has 43 heavy (non-hydrogen) atoms. The van der Waals surface area contributed by atoms with E-state index in [0.717, 1.165) is 42.8 Å². The number of ether oxygens (including phenoxy) is 1. The Kier molecular flexibility index (Phi) is 10.5. The Labute approximate surface area is 255 Å². The maximum atomic E-state index is 13.5. The summed E-state index contributed by atoms with van der Waals surface area (Å²) in [5.74, 6) is -2.32. The van der Waals surface area contributed by atoms with Crippen molar-refractivity contribution in [1.29, 1.82) is 0 Å². The first-order chi connectivity index (χ1) is 20.4. The van der Waals surface area contributed by atoms with E-state index in [4.69, 9.17) is 37.8 Å². The van der Waals surface area contributed by atoms with Gasteiger partial charge in [-0.15, -0.1) is 0 Å². The number of fused-ring (bicyclic) bond motifs is 1. The van der Waals surface area contributed by atoms with Gasteiger partial charge in [-0.05, 0) is 85.6 Å². The van der Waals surface area contributed by atoms with E-state index >= 15 is 0 Å². The Morgan fingerprint density at radius 2 is 1.53 bits per heavy atom. The predicted molar refractivity (Wildman–Crippen MR) is 155 cm³/mol. The first kappa shape index (κ1) is 32.1. The Morgan fingerprint density at radius 3 is 2.14 bits per heavy atom. The normalized spacial score (nSPS) is 15.6. The number of nitrogens with zero attached hydrogens (tertiary/aromatic N) is 2. The molecule has 0 bridgehead atoms. The lowest BCUT2D eigenvalue weighted by Gasteiger charge is -2.25. The van der Waals surface area contributed by atoms with Crippen LogP contribution in [0.1, 0.15) is 34.3 Å². The van der Waals surface area contributed by atoms with Crippen LogP contribution in [-0.4, -0.2) is 59.7 Å². The zero-order valence-corrected chi connectivity index (χ0v) is 24.3. The van der Waals surface area contributed by atoms with Crippen molar-refractivity contribution in [1.82, 2.24) is 10.2 Å². The Hall–Kier alpha value is -3.80. The van der Waals surface area contributed by atoms with Crippen LogP contribution in [-0.2, 0) is 22.7 Å². The van der Waals surface area contributed by atoms with Gasteiger partial charge in [0.05, 0.1) is 12.2 Å². The quantitative estimate of drug-likeness (QED) is 0.359. The van der Waals surface area contributed by atoms with E-state index in [2.05, 4.69) is 5.32 Å². The molecule has 5 rings (SSSR count). The highest BCUT2D eigenvalue weighted by Gasteiger charge is 2.38. The molecule has 0 atom stereocenters. The highest BCUT2D eigenvalue weighted by molar-refractivity contribution is 6.31. The molecule has 3 aromatic rings. The molecule has 2 amide bonds. The van der Waals surface area contributed by atoms with Crippen molar-refractivity contribution in [2.45, 2.75) is 38.2 Å². The molecule has 8 nitrogen and oxygen atoms in total. The highest BCUT2D eigenvalue weighted by atomic mass is 35.5. The van der Waals surface area contributed by atoms with Gasteiger partial charge in [0.2, 0.25) is 5.91 Å². The van der Waals surface area contributed by atoms with E-state index < -0.39 is 12.1 Å². The van der Waals surface area contributed by atoms with Gasteiger partial charge in [0, 0.05) is 22.2 Å². The Balaban J connectivity index is 0.000000541. The zero-order chi connectivity index (χ0) is 31.1. The van der Waals surface area contributed by atoms with Crippen molar-refractivity contribution >= 4 is 46.7 Å². The van der Waals surface area contributed by atoms with Gasteiger partial charge in [-0.1, -0.05) is 41.4 Å². The molecule has 2 heterocycles. The van der Waals surface area contributed by atoms with Crippen LogP contribution >= 0.6 is 23.2 Å². The summed E-state index contributed by atoms with van der Waals surface area (Å²) in [5, 5.41) is 11.6. The topological polar surface area (TPSA) is 99.2 Å². The van der Waals surface area contributed by atoms with Crippen molar-refractivity contribution in [2.24, 2.45) is 0 Å². The molecule has 2 N–H and O–H groups in total. The van der Waals surface area contributed by atoms with E-state index in [1.54, 1.807) is 46.2 Å². The second-order valence-electron chi connectivity index (χ2n) is 9.94. The molecule has 1 saturated heterocycles. The fourth-order valence-electron chi connectivity index (χ4n) is 4.62. The number of benzene rings is 3. The lowest BCUT2D eigenvalue weighted by Crippen LogP contribution is -2.39. The standard InChI is InChI=1S/C28H27Cl2N3O3.C2HF3O2/c29-22-6-3-20(4-7-22)28(35)32-17-21-5-8-23(30)15-26(21)33(27(34)18-32)16-19-1-9-24(10-2-19)36-25-11-13-31-14-12-25;3-2(4,5)1(6)7/h1-10,15,25,31H,11-14,16-18H2;(H,6,7). The summed E-state index contributed by atoms with van der Waals surface area (Å²) in [7, 11) is 0. The molecule has 0 radical (unpaired) electrons. The van der Waals surface area contributed by atoms with Crippen LogP contribution in [0.5, 0.6) is 5.75 Å². The van der Waals surface area contributed by atoms with Crippen LogP contribution in [0, 0.1) is 0 Å². The van der Waals surface area contributed by atoms with Gasteiger partial charge in [0.1, 0.15) is 18.4 Å². The van der Waals surface area contributed by atoms with Crippen LogP contribution in [0.4, 0.5) is 18.9 Å². The summed E-state index contributed by atoms with van der Waals surface area (Å²) in [6.45, 7) is 2.57. The van der Waals surface area contributed by atoms with Gasteiger partial charge in [-0.25, -0.2) is 4.79 Å². The lowest BCUT2D eigenvalue weighted by atomic mass is 10.1. The van der Waals surface area contributed by atoms with Crippen molar-refractivity contribution in [3.63, 3.8) is 0 Å². The predicted octanol–water partition coefficient (Wildman–Crippen LogP) is 5.95. The number of carboxylic acids is 1. The van der Waals surface area contributed by atoms with Gasteiger partial charge in [0.25, 0.3) is 5.91 Å². The maximum Gasteiger partial charge on any atom is 0.490 e. The number of anilines is 1. The number of carboxylic acid groups (broad SMARTS) is 1. The number of rotatable bonds is 5. The average Bonchev–Trinajstić information content (AvgIpc) is 3.10. The molecule has 13 heteroatoms. The van der Waals surface area contributed by atoms with Gasteiger partial charge in [-0.2, -0.15) is 13.2 Å². The first-order valence-corrected chi connectivity index (χ1v) is 14.1. The number of aliphatic carboxylic acids is 1. The first-order valence-electron chi connectivity index (χ1n) is 13.3. The van der Waals surface area contributed by atoms with Crippen LogP contribution in [0.15, 0.2) is 66.7 Å². The number of amides is 2. The number of hydrogen-bond donors (Lipinski definition) is 2. The van der Waals surface area contributed by atoms with Gasteiger partial charge in [-0.3, -0.25) is 9.59 Å². The molecule has 3 aromatic carbocycles. The highest BCUT2D eigenvalue weighted by Crippen LogP contribution is 2.31. The summed E-state index contributed by atoms with van der Waals surface area (Å²) in [6.07, 6.45) is -2.87. The summed E-state index contributed by atoms with van der Waals surface area (Å²) >= 11 is 12.3. The summed E-state index contributed by atoms with van der Waals surface area (Å²) < 4.78 is 37.8. The second-order valence-corrected chi connectivity index (χ2v) is 10.8. The number of hydrogen-bond acceptors (Lipinski definition) is 5. The largest absolute Gasteiger partial charge is 0.490 e. The van der Waals surface area contributed by atoms with E-state index in [1.165, 1.54) is 0 Å². The molecular weight excluding hydrogens is 610 g/mol. The summed E-state index contributed by atoms with van der Waals surface area (Å²) in [4.78, 5) is 38.8. The molecule has 228 valence electrons. The van der Waals surface area contributed by atoms with Crippen molar-refractivity contribution in [3.05, 3.63) is 93.5 Å². The minimum atomic E-state index is -5.08. The van der Waals surface area contributed by atoms with E-state index in [0.29, 0.717) is 34.4 Å². The van der Waals surface area contributed by atoms with Crippen LogP contribution in [0.2, 0.25) is 10.0 Å². The molecule has 2 aliphatic rings. The van der Waals surface area contributed by atoms with Crippen molar-refractivity contribution in [3.8, 4) is 5.75 Å². The number of halogens is 5. The maximum absolute atomic E-state index is 13.5. The minimum absolute atomic E-state index is 0.0370. The second kappa shape index (κ2) is 14.1. The third-order valence-electron chi connectivity index (χ3n) is 6.80. The van der Waals surface area contributed by atoms with Gasteiger partial charge in [0.15, 0.2) is 0 Å². The Bertz CT molecular complexity index is 1450. The van der Waals surface area contributed by atoms with Crippen LogP contribution in [0.3, 0.4) is 0 Å². The number of nitrogens with one attached hydrogen (secondary N) is 1. The van der Waals surface area contributed by atoms with Crippen LogP contribution < -0.4 is 15.0 Å². The molecule has 0 unspecified atom stereocenters. The third kappa shape index (κ3) is 8.85. The summed E-state index contributed by atoms with van der Waals surface area (Å²) in [5.41, 5.74) is 3.03. The monoisotopic (exact) mass is 637 g/mol. The average molecular weight is 638 g/mol. The molecule has 0 spiro atoms. The molecular formula is C30H28Cl2F3N3O5. The fraction of sp³-hybridized carbons (Fsp3) is 0.300. The molecule has 0 aromatic heterocycles. The van der Waals surface area contributed by atoms with Crippen LogP contribution in [0.25, 0.3) is 0 Å². The minimum Gasteiger partial charge on any atom is -0.490 e. The van der Waals surface area contributed by atoms with E-state index in [1.807, 2.05) is 30.3 Å². The molecule has 0 aliphatic carbocycles. The smallest absolute Gasteiger partial charge is 0.490 e. The zero-order valence-electron chi connectivity index (χ0n) is 22.7. The van der Waals surface area contributed by atoms with Gasteiger partial charge >= 0.3 is 12.1 Å². The lowest BCUT2D eigenvalue weighted by molar-refractivity contribution is -0.192. The number of carbonyl (C=O) groups excluding carboxylic acids is 2. The molecule has 2 aliphatic heterocycles. The van der Waals surface area contributed by atoms with E-state index in [9.17, 15) is 22.8 Å². The molecule has 0 saturated carbocycles. The number of carbonyl (C=O) groups is 3. The molecule has 1 fully saturated rings. The SMILES string of the molecule is O=C(O)C(F)(F)F.O=C(c1ccc(Cl)cc1)N1CC(=O)N(Cc2ccc(OC3CCNCC3)cc2)c2cc(Cl)ccc2C1. The van der Waals surface area contributed by atoms with Crippen molar-refractivity contribution < 1.29 is 37.4 Å². The fourth-order valence-corrected chi connectivity index (χ4v) is 4.91. The Morgan fingerprint density at radius 1 is 0.930 bits per heavy atom. The third-order valence-corrected chi connectivity index (χ3v) is 7.29. The summed E-state index contributed by atoms with van der Waals surface area (Å²) in [6, 6.07) is 20.0. The number of alkyl halides is 3. The van der Waals surface area contributed by atoms with E-state index in [-0.39, 0.29) is 24.5 Å². The van der Waals surface area contributed by atoms with Crippen molar-refractivity contribution in [2.75, 3.05) is 24.5 Å². The number of piperidine rings is 1. The van der Waals surface area contributed by atoms with Gasteiger partial charge < -0.3 is 25.0 Å².